The van der Waals surface area contributed by atoms with Gasteiger partial charge in [0.05, 0.1) is 10.6 Å². The van der Waals surface area contributed by atoms with Crippen molar-refractivity contribution in [2.75, 3.05) is 18.4 Å². The van der Waals surface area contributed by atoms with Crippen molar-refractivity contribution < 1.29 is 8.78 Å². The number of nitrogens with one attached hydrogen (secondary N) is 1. The van der Waals surface area contributed by atoms with Crippen molar-refractivity contribution in [3.05, 3.63) is 15.3 Å². The number of likely N-dealkylation sites (tertiary alicyclic amines) is 1. The number of thiophene rings is 1. The fraction of sp³-hybridized carbons (Fsp3) is 0.615. The quantitative estimate of drug-likeness (QED) is 0.594. The molecule has 7 N–H and O–H groups in total. The van der Waals surface area contributed by atoms with Crippen LogP contribution in [0.2, 0.25) is 0 Å². The van der Waals surface area contributed by atoms with Crippen molar-refractivity contribution in [1.29, 1.82) is 0 Å². The molecule has 1 saturated heterocycles. The Labute approximate surface area is 130 Å². The van der Waals surface area contributed by atoms with Gasteiger partial charge in [0, 0.05) is 36.9 Å². The van der Waals surface area contributed by atoms with Crippen molar-refractivity contribution >= 4 is 23.0 Å². The maximum Gasteiger partial charge on any atom is 0.252 e. The van der Waals surface area contributed by atoms with Gasteiger partial charge in [0.1, 0.15) is 0 Å². The van der Waals surface area contributed by atoms with E-state index < -0.39 is 11.7 Å². The molecule has 0 saturated carbocycles. The third-order valence-electron chi connectivity index (χ3n) is 4.51. The zero-order valence-corrected chi connectivity index (χ0v) is 12.7. The van der Waals surface area contributed by atoms with Crippen LogP contribution in [0.5, 0.6) is 0 Å². The highest BCUT2D eigenvalue weighted by Crippen LogP contribution is 2.49. The molecule has 3 aliphatic rings. The van der Waals surface area contributed by atoms with Crippen molar-refractivity contribution in [2.24, 2.45) is 22.2 Å². The highest BCUT2D eigenvalue weighted by molar-refractivity contribution is 7.13. The molecule has 0 spiro atoms. The number of aliphatic imine (C=N–C) groups is 1. The summed E-state index contributed by atoms with van der Waals surface area (Å²) in [6, 6.07) is 0.0640. The fourth-order valence-electron chi connectivity index (χ4n) is 3.33. The maximum atomic E-state index is 13.8. The van der Waals surface area contributed by atoms with Crippen molar-refractivity contribution in [2.45, 2.75) is 37.0 Å². The molecule has 1 aliphatic carbocycles. The predicted molar refractivity (Wildman–Crippen MR) is 81.9 cm³/mol. The van der Waals surface area contributed by atoms with E-state index in [0.717, 1.165) is 9.75 Å². The Morgan fingerprint density at radius 3 is 2.77 bits per heavy atom. The van der Waals surface area contributed by atoms with Crippen LogP contribution >= 0.6 is 11.3 Å². The number of guanidine groups is 1. The molecule has 1 aromatic rings. The summed E-state index contributed by atoms with van der Waals surface area (Å²) in [4.78, 5) is 7.99. The lowest BCUT2D eigenvalue weighted by molar-refractivity contribution is -0.0115. The molecule has 0 bridgehead atoms. The second-order valence-corrected chi connectivity index (χ2v) is 7.36. The Morgan fingerprint density at radius 2 is 2.09 bits per heavy atom. The number of hydrogen-bond acceptors (Lipinski definition) is 7. The topological polar surface area (TPSA) is 106 Å². The van der Waals surface area contributed by atoms with E-state index in [0.29, 0.717) is 30.8 Å². The molecule has 1 aromatic heterocycles. The Kier molecular flexibility index (Phi) is 2.85. The Morgan fingerprint density at radius 1 is 1.36 bits per heavy atom. The number of fused-ring (bicyclic) bond motifs is 3. The number of nitrogens with zero attached hydrogens (tertiary/aromatic N) is 2. The maximum absolute atomic E-state index is 13.8. The number of alkyl halides is 2. The van der Waals surface area contributed by atoms with Gasteiger partial charge >= 0.3 is 0 Å². The summed E-state index contributed by atoms with van der Waals surface area (Å²) in [5, 5.41) is 2.94. The third-order valence-corrected chi connectivity index (χ3v) is 5.92. The van der Waals surface area contributed by atoms with Gasteiger partial charge in [0.15, 0.2) is 5.96 Å². The fourth-order valence-corrected chi connectivity index (χ4v) is 4.68. The first-order valence-corrected chi connectivity index (χ1v) is 8.05. The van der Waals surface area contributed by atoms with Gasteiger partial charge < -0.3 is 16.8 Å². The van der Waals surface area contributed by atoms with Crippen molar-refractivity contribution in [3.63, 3.8) is 0 Å². The first-order chi connectivity index (χ1) is 10.3. The lowest BCUT2D eigenvalue weighted by Crippen LogP contribution is -2.67. The molecule has 9 heteroatoms. The molecule has 0 amide bonds. The van der Waals surface area contributed by atoms with Crippen LogP contribution in [0.1, 0.15) is 21.7 Å². The highest BCUT2D eigenvalue weighted by Gasteiger charge is 2.48. The van der Waals surface area contributed by atoms with Crippen LogP contribution < -0.4 is 22.5 Å². The van der Waals surface area contributed by atoms with E-state index in [1.54, 1.807) is 0 Å². The van der Waals surface area contributed by atoms with Crippen LogP contribution in [0.15, 0.2) is 4.99 Å². The SMILES string of the molecule is NC1=NC(N)(N2CC(N)C2)c2sc3c(c2N1)CC(F)(F)CC3. The third kappa shape index (κ3) is 1.96. The number of aryl methyl sites for hydroxylation is 1. The van der Waals surface area contributed by atoms with Gasteiger partial charge in [0.2, 0.25) is 5.79 Å². The molecule has 22 heavy (non-hydrogen) atoms. The largest absolute Gasteiger partial charge is 0.370 e. The number of halogens is 2. The Hall–Kier alpha value is -1.29. The first kappa shape index (κ1) is 14.3. The average molecular weight is 328 g/mol. The summed E-state index contributed by atoms with van der Waals surface area (Å²) in [6.45, 7) is 1.23. The van der Waals surface area contributed by atoms with E-state index in [2.05, 4.69) is 10.3 Å². The summed E-state index contributed by atoms with van der Waals surface area (Å²) in [5.74, 6) is -3.62. The van der Waals surface area contributed by atoms with Crippen LogP contribution in [0.25, 0.3) is 0 Å². The van der Waals surface area contributed by atoms with E-state index in [1.807, 2.05) is 4.90 Å². The molecular weight excluding hydrogens is 310 g/mol. The first-order valence-electron chi connectivity index (χ1n) is 7.23. The van der Waals surface area contributed by atoms with Crippen molar-refractivity contribution in [3.8, 4) is 0 Å². The number of nitrogens with two attached hydrogens (primary N) is 3. The van der Waals surface area contributed by atoms with Gasteiger partial charge in [-0.25, -0.2) is 13.8 Å². The zero-order chi connectivity index (χ0) is 15.7. The van der Waals surface area contributed by atoms with Crippen LogP contribution in [-0.2, 0) is 18.6 Å². The molecule has 0 aromatic carbocycles. The van der Waals surface area contributed by atoms with Crippen molar-refractivity contribution in [1.82, 2.24) is 4.90 Å². The number of anilines is 1. The summed E-state index contributed by atoms with van der Waals surface area (Å²) in [7, 11) is 0. The lowest BCUT2D eigenvalue weighted by atomic mass is 9.93. The van der Waals surface area contributed by atoms with Crippen LogP contribution in [0.3, 0.4) is 0 Å². The van der Waals surface area contributed by atoms with Gasteiger partial charge in [-0.2, -0.15) is 0 Å². The molecule has 2 aliphatic heterocycles. The normalized spacial score (nSPS) is 30.8. The van der Waals surface area contributed by atoms with E-state index in [-0.39, 0.29) is 24.8 Å². The number of rotatable bonds is 1. The van der Waals surface area contributed by atoms with Gasteiger partial charge in [-0.15, -0.1) is 11.3 Å². The Bertz CT molecular complexity index is 666. The van der Waals surface area contributed by atoms with E-state index in [4.69, 9.17) is 17.2 Å². The van der Waals surface area contributed by atoms with Gasteiger partial charge in [-0.3, -0.25) is 10.6 Å². The van der Waals surface area contributed by atoms with Crippen LogP contribution in [0, 0.1) is 0 Å². The summed E-state index contributed by atoms with van der Waals surface area (Å²) < 4.78 is 27.5. The zero-order valence-electron chi connectivity index (χ0n) is 11.9. The van der Waals surface area contributed by atoms with Gasteiger partial charge in [-0.05, 0) is 12.0 Å². The molecule has 4 rings (SSSR count). The minimum absolute atomic E-state index is 0.0640. The predicted octanol–water partition coefficient (Wildman–Crippen LogP) is 0.324. The molecule has 1 unspecified atom stereocenters. The van der Waals surface area contributed by atoms with E-state index in [1.165, 1.54) is 11.3 Å². The minimum atomic E-state index is -2.68. The Balaban J connectivity index is 1.80. The van der Waals surface area contributed by atoms with Gasteiger partial charge in [-0.1, -0.05) is 0 Å². The summed E-state index contributed by atoms with van der Waals surface area (Å²) in [5.41, 5.74) is 19.4. The van der Waals surface area contributed by atoms with Gasteiger partial charge in [0.25, 0.3) is 5.92 Å². The average Bonchev–Trinajstić information content (AvgIpc) is 2.73. The smallest absolute Gasteiger partial charge is 0.252 e. The molecule has 1 atom stereocenters. The molecule has 6 nitrogen and oxygen atoms in total. The van der Waals surface area contributed by atoms with Crippen LogP contribution in [0.4, 0.5) is 14.5 Å². The standard InChI is InChI=1S/C13H18F2N6S/c14-12(15)2-1-8-7(3-12)9-10(22-8)13(18,20-11(17)19-9)21-4-6(16)5-21/h6H,1-5,16,18H2,(H3,17,19,20). The summed E-state index contributed by atoms with van der Waals surface area (Å²) >= 11 is 1.46. The molecule has 1 fully saturated rings. The van der Waals surface area contributed by atoms with E-state index in [9.17, 15) is 8.78 Å². The lowest BCUT2D eigenvalue weighted by Gasteiger charge is -2.47. The minimum Gasteiger partial charge on any atom is -0.370 e. The second-order valence-electron chi connectivity index (χ2n) is 6.25. The molecule has 120 valence electrons. The second kappa shape index (κ2) is 4.38. The number of hydrogen-bond donors (Lipinski definition) is 4. The summed E-state index contributed by atoms with van der Waals surface area (Å²) in [6.07, 6.45) is -0.0386. The molecule has 0 radical (unpaired) electrons. The highest BCUT2D eigenvalue weighted by atomic mass is 32.1. The van der Waals surface area contributed by atoms with E-state index >= 15 is 0 Å². The molecular formula is C13H18F2N6S. The molecule has 3 heterocycles. The van der Waals surface area contributed by atoms with Crippen LogP contribution in [-0.4, -0.2) is 35.9 Å². The monoisotopic (exact) mass is 328 g/mol.